The predicted molar refractivity (Wildman–Crippen MR) is 46.5 cm³/mol. The molecule has 0 saturated heterocycles. The van der Waals surface area contributed by atoms with Gasteiger partial charge < -0.3 is 0 Å². The zero-order chi connectivity index (χ0) is 5.40. The first-order chi connectivity index (χ1) is 3.97. The number of rotatable bonds is 0. The van der Waals surface area contributed by atoms with Crippen LogP contribution in [0.3, 0.4) is 0 Å². The van der Waals surface area contributed by atoms with Gasteiger partial charge in [-0.1, -0.05) is 43.2 Å². The normalized spacial score (nSPS) is 25.0. The van der Waals surface area contributed by atoms with Crippen LogP contribution in [-0.2, 0) is 0 Å². The molecule has 0 saturated carbocycles. The van der Waals surface area contributed by atoms with Gasteiger partial charge >= 0.3 is 0 Å². The summed E-state index contributed by atoms with van der Waals surface area (Å²) in [5.74, 6) is 0. The lowest BCUT2D eigenvalue weighted by molar-refractivity contribution is 1.99. The smallest absolute Gasteiger partial charge is 0.0408 e. The van der Waals surface area contributed by atoms with E-state index in [2.05, 4.69) is 10.8 Å². The Kier molecular flexibility index (Phi) is 1.59. The maximum atomic E-state index is 2.21. The van der Waals surface area contributed by atoms with E-state index in [4.69, 9.17) is 0 Å². The van der Waals surface area contributed by atoms with Gasteiger partial charge in [0.15, 0.2) is 0 Å². The Morgan fingerprint density at radius 2 is 1.38 bits per heavy atom. The second-order valence-electron chi connectivity index (χ2n) is 1.32. The summed E-state index contributed by atoms with van der Waals surface area (Å²) in [7, 11) is 7.35. The van der Waals surface area contributed by atoms with Gasteiger partial charge in [-0.05, 0) is 10.8 Å². The molecule has 0 aromatic rings. The highest BCUT2D eigenvalue weighted by molar-refractivity contribution is 8.84. The van der Waals surface area contributed by atoms with Crippen molar-refractivity contribution in [1.82, 2.24) is 0 Å². The fraction of sp³-hybridized carbons (Fsp3) is 0. The van der Waals surface area contributed by atoms with Crippen molar-refractivity contribution in [2.45, 2.75) is 0 Å². The van der Waals surface area contributed by atoms with Gasteiger partial charge in [0.1, 0.15) is 0 Å². The van der Waals surface area contributed by atoms with E-state index >= 15 is 0 Å². The lowest BCUT2D eigenvalue weighted by Crippen LogP contribution is -1.58. The van der Waals surface area contributed by atoms with Crippen molar-refractivity contribution in [2.75, 3.05) is 0 Å². The summed E-state index contributed by atoms with van der Waals surface area (Å²) in [5, 5.41) is 4.42. The highest BCUT2D eigenvalue weighted by atomic mass is 33.1. The molecule has 0 N–H and O–H groups in total. The van der Waals surface area contributed by atoms with Crippen LogP contribution >= 0.6 is 43.2 Å². The zero-order valence-corrected chi connectivity index (χ0v) is 7.05. The van der Waals surface area contributed by atoms with E-state index in [1.54, 1.807) is 0 Å². The molecule has 0 unspecified atom stereocenters. The van der Waals surface area contributed by atoms with Gasteiger partial charge in [-0.3, -0.25) is 0 Å². The van der Waals surface area contributed by atoms with E-state index in [0.29, 0.717) is 0 Å². The van der Waals surface area contributed by atoms with Crippen molar-refractivity contribution in [3.8, 4) is 0 Å². The molecule has 2 rings (SSSR count). The second-order valence-corrected chi connectivity index (χ2v) is 5.55. The molecule has 4 heteroatoms. The van der Waals surface area contributed by atoms with Gasteiger partial charge in [-0.25, -0.2) is 0 Å². The van der Waals surface area contributed by atoms with E-state index < -0.39 is 0 Å². The second kappa shape index (κ2) is 2.25. The molecule has 0 nitrogen and oxygen atoms in total. The Morgan fingerprint density at radius 3 is 1.88 bits per heavy atom. The van der Waals surface area contributed by atoms with Crippen molar-refractivity contribution < 1.29 is 0 Å². The largest absolute Gasteiger partial charge is 0.0592 e. The first-order valence-corrected chi connectivity index (χ1v) is 6.47. The minimum absolute atomic E-state index is 1.45. The standard InChI is InChI=1S/C4H2S4/c1-3-4(8-5-1)2-6-7-3/h1-2H. The van der Waals surface area contributed by atoms with Crippen LogP contribution in [0.2, 0.25) is 0 Å². The average Bonchev–Trinajstić information content (AvgIpc) is 2.15. The summed E-state index contributed by atoms with van der Waals surface area (Å²) in [6, 6.07) is 0. The summed E-state index contributed by atoms with van der Waals surface area (Å²) in [6.45, 7) is 0. The molecular formula is C4H2S4. The van der Waals surface area contributed by atoms with Crippen LogP contribution in [0.1, 0.15) is 0 Å². The first kappa shape index (κ1) is 5.65. The third-order valence-corrected chi connectivity index (χ3v) is 5.38. The molecule has 2 aliphatic heterocycles. The third kappa shape index (κ3) is 0.835. The third-order valence-electron chi connectivity index (χ3n) is 0.829. The zero-order valence-electron chi connectivity index (χ0n) is 3.79. The summed E-state index contributed by atoms with van der Waals surface area (Å²) in [5.41, 5.74) is 0. The van der Waals surface area contributed by atoms with Gasteiger partial charge in [0.2, 0.25) is 0 Å². The fourth-order valence-corrected chi connectivity index (χ4v) is 5.91. The Hall–Kier alpha value is 0.880. The number of hydrogen-bond acceptors (Lipinski definition) is 4. The quantitative estimate of drug-likeness (QED) is 0.521. The lowest BCUT2D eigenvalue weighted by atomic mass is 10.6. The highest BCUT2D eigenvalue weighted by Crippen LogP contribution is 2.57. The summed E-state index contributed by atoms with van der Waals surface area (Å²) >= 11 is 0. The maximum absolute atomic E-state index is 2.21. The fourth-order valence-electron chi connectivity index (χ4n) is 0.477. The Morgan fingerprint density at radius 1 is 0.875 bits per heavy atom. The lowest BCUT2D eigenvalue weighted by Gasteiger charge is -1.84. The van der Waals surface area contributed by atoms with Crippen LogP contribution in [0.5, 0.6) is 0 Å². The molecule has 0 amide bonds. The molecule has 0 aliphatic carbocycles. The Bertz CT molecular complexity index is 149. The van der Waals surface area contributed by atoms with Gasteiger partial charge in [0.05, 0.1) is 0 Å². The van der Waals surface area contributed by atoms with E-state index in [9.17, 15) is 0 Å². The van der Waals surface area contributed by atoms with Gasteiger partial charge in [0, 0.05) is 9.81 Å². The van der Waals surface area contributed by atoms with Crippen LogP contribution in [-0.4, -0.2) is 0 Å². The molecular weight excluding hydrogens is 176 g/mol. The molecule has 0 atom stereocenters. The van der Waals surface area contributed by atoms with Crippen molar-refractivity contribution in [2.24, 2.45) is 0 Å². The topological polar surface area (TPSA) is 0 Å². The summed E-state index contributed by atoms with van der Waals surface area (Å²) in [6.07, 6.45) is 0. The van der Waals surface area contributed by atoms with Crippen LogP contribution in [0.4, 0.5) is 0 Å². The molecule has 0 radical (unpaired) electrons. The highest BCUT2D eigenvalue weighted by Gasteiger charge is 2.18. The van der Waals surface area contributed by atoms with E-state index in [-0.39, 0.29) is 0 Å². The van der Waals surface area contributed by atoms with Gasteiger partial charge in [-0.15, -0.1) is 0 Å². The van der Waals surface area contributed by atoms with Crippen molar-refractivity contribution in [3.63, 3.8) is 0 Å². The molecule has 0 aromatic heterocycles. The van der Waals surface area contributed by atoms with Crippen LogP contribution in [0.25, 0.3) is 0 Å². The summed E-state index contributed by atoms with van der Waals surface area (Å²) < 4.78 is 0. The molecule has 42 valence electrons. The molecule has 0 aromatic carbocycles. The SMILES string of the molecule is C1=C2SSC=C2SS1. The van der Waals surface area contributed by atoms with Crippen LogP contribution in [0, 0.1) is 0 Å². The van der Waals surface area contributed by atoms with Crippen LogP contribution < -0.4 is 0 Å². The maximum Gasteiger partial charge on any atom is 0.0408 e. The molecule has 0 bridgehead atoms. The molecule has 2 aliphatic rings. The van der Waals surface area contributed by atoms with Gasteiger partial charge in [0.25, 0.3) is 0 Å². The molecule has 0 fully saturated rings. The minimum Gasteiger partial charge on any atom is -0.0592 e. The van der Waals surface area contributed by atoms with E-state index in [1.807, 2.05) is 43.2 Å². The molecule has 2 heterocycles. The Labute approximate surface area is 63.7 Å². The molecule has 0 spiro atoms. The number of fused-ring (bicyclic) bond motifs is 1. The number of hydrogen-bond donors (Lipinski definition) is 0. The van der Waals surface area contributed by atoms with Crippen molar-refractivity contribution in [1.29, 1.82) is 0 Å². The van der Waals surface area contributed by atoms with Crippen molar-refractivity contribution in [3.05, 3.63) is 20.6 Å². The minimum atomic E-state index is 1.45. The predicted octanol–water partition coefficient (Wildman–Crippen LogP) is 3.46. The molecule has 8 heavy (non-hydrogen) atoms. The average molecular weight is 178 g/mol. The van der Waals surface area contributed by atoms with E-state index in [1.165, 1.54) is 9.81 Å². The van der Waals surface area contributed by atoms with Gasteiger partial charge in [-0.2, -0.15) is 0 Å². The van der Waals surface area contributed by atoms with E-state index in [0.717, 1.165) is 0 Å². The monoisotopic (exact) mass is 178 g/mol. The Balaban J connectivity index is 2.37. The van der Waals surface area contributed by atoms with Crippen LogP contribution in [0.15, 0.2) is 20.6 Å². The summed E-state index contributed by atoms with van der Waals surface area (Å²) in [4.78, 5) is 2.90. The van der Waals surface area contributed by atoms with Crippen molar-refractivity contribution >= 4 is 43.2 Å². The first-order valence-electron chi connectivity index (χ1n) is 2.04.